The number of Topliss-reactive ketones (excluding diaryl/α,β-unsaturated/α-hetero) is 1. The van der Waals surface area contributed by atoms with Crippen LogP contribution >= 0.6 is 7.82 Å². The second-order valence-corrected chi connectivity index (χ2v) is 7.90. The smallest absolute Gasteiger partial charge is 0.299 e. The predicted octanol–water partition coefficient (Wildman–Crippen LogP) is 4.17. The van der Waals surface area contributed by atoms with Gasteiger partial charge in [0.2, 0.25) is 0 Å². The van der Waals surface area contributed by atoms with Gasteiger partial charge in [0.1, 0.15) is 5.78 Å². The van der Waals surface area contributed by atoms with E-state index in [1.165, 1.54) is 6.42 Å². The normalized spacial score (nSPS) is 26.9. The Hall–Kier alpha value is -0.360. The van der Waals surface area contributed by atoms with Gasteiger partial charge in [-0.15, -0.1) is 0 Å². The Morgan fingerprint density at radius 3 is 2.32 bits per heavy atom. The third-order valence-electron chi connectivity index (χ3n) is 4.53. The number of phosphoric acid groups is 1. The molecule has 0 saturated heterocycles. The molecule has 2 fully saturated rings. The fraction of sp³-hybridized carbons (Fsp3) is 0.929. The molecule has 0 spiro atoms. The van der Waals surface area contributed by atoms with Crippen molar-refractivity contribution < 1.29 is 31.7 Å². The standard InChI is InChI=1S/C14H23F2O5P/c1-19-22(18,20-2)21-14(15,16)12-9-11(12)13(17)8-10-6-4-3-5-7-10/h10-12H,3-9H2,1-2H3/t11-,12-/m1/s1. The maximum Gasteiger partial charge on any atom is 0.479 e. The number of ketones is 1. The first-order valence-corrected chi connectivity index (χ1v) is 9.10. The number of phosphoric ester groups is 1. The minimum absolute atomic E-state index is 0.0615. The zero-order chi connectivity index (χ0) is 16.4. The number of hydrogen-bond acceptors (Lipinski definition) is 5. The summed E-state index contributed by atoms with van der Waals surface area (Å²) in [5.74, 6) is -1.76. The van der Waals surface area contributed by atoms with Gasteiger partial charge in [-0.3, -0.25) is 13.8 Å². The number of hydrogen-bond donors (Lipinski definition) is 0. The topological polar surface area (TPSA) is 61.8 Å². The van der Waals surface area contributed by atoms with Gasteiger partial charge in [-0.25, -0.2) is 9.09 Å². The molecule has 0 amide bonds. The summed E-state index contributed by atoms with van der Waals surface area (Å²) in [6.45, 7) is 0. The first-order valence-electron chi connectivity index (χ1n) is 7.64. The van der Waals surface area contributed by atoms with Crippen LogP contribution in [-0.4, -0.2) is 26.1 Å². The van der Waals surface area contributed by atoms with Crippen LogP contribution in [0.25, 0.3) is 0 Å². The maximum absolute atomic E-state index is 14.0. The van der Waals surface area contributed by atoms with E-state index in [0.717, 1.165) is 39.9 Å². The van der Waals surface area contributed by atoms with Crippen molar-refractivity contribution in [1.29, 1.82) is 0 Å². The van der Waals surface area contributed by atoms with E-state index < -0.39 is 25.8 Å². The summed E-state index contributed by atoms with van der Waals surface area (Å²) in [4.78, 5) is 12.1. The maximum atomic E-state index is 14.0. The Bertz CT molecular complexity index is 443. The van der Waals surface area contributed by atoms with Crippen LogP contribution in [0.4, 0.5) is 8.78 Å². The molecule has 2 aliphatic rings. The van der Waals surface area contributed by atoms with Crippen molar-refractivity contribution in [3.05, 3.63) is 0 Å². The number of halogens is 2. The third-order valence-corrected chi connectivity index (χ3v) is 5.89. The van der Waals surface area contributed by atoms with Gasteiger partial charge >= 0.3 is 13.9 Å². The number of carbonyl (C=O) groups excluding carboxylic acids is 1. The van der Waals surface area contributed by atoms with Gasteiger partial charge in [-0.05, 0) is 12.3 Å². The summed E-state index contributed by atoms with van der Waals surface area (Å²) in [5, 5.41) is 0. The minimum atomic E-state index is -4.27. The van der Waals surface area contributed by atoms with E-state index in [9.17, 15) is 18.1 Å². The minimum Gasteiger partial charge on any atom is -0.299 e. The first-order chi connectivity index (χ1) is 10.3. The summed E-state index contributed by atoms with van der Waals surface area (Å²) in [6, 6.07) is 0. The van der Waals surface area contributed by atoms with Gasteiger partial charge in [0.25, 0.3) is 0 Å². The molecule has 0 heterocycles. The number of rotatable bonds is 8. The number of alkyl halides is 2. The lowest BCUT2D eigenvalue weighted by molar-refractivity contribution is -0.207. The van der Waals surface area contributed by atoms with Crippen LogP contribution in [0.3, 0.4) is 0 Å². The van der Waals surface area contributed by atoms with Crippen LogP contribution in [0.2, 0.25) is 0 Å². The molecule has 0 radical (unpaired) electrons. The molecular formula is C14H23F2O5P. The van der Waals surface area contributed by atoms with Gasteiger partial charge in [-0.2, -0.15) is 8.78 Å². The third kappa shape index (κ3) is 4.34. The highest BCUT2D eigenvalue weighted by molar-refractivity contribution is 7.48. The zero-order valence-corrected chi connectivity index (χ0v) is 13.8. The highest BCUT2D eigenvalue weighted by Crippen LogP contribution is 2.59. The van der Waals surface area contributed by atoms with Crippen LogP contribution < -0.4 is 0 Å². The van der Waals surface area contributed by atoms with Crippen molar-refractivity contribution in [2.45, 2.75) is 51.1 Å². The summed E-state index contributed by atoms with van der Waals surface area (Å²) in [6.07, 6.45) is 2.14. The highest BCUT2D eigenvalue weighted by atomic mass is 31.2. The zero-order valence-electron chi connectivity index (χ0n) is 12.9. The predicted molar refractivity (Wildman–Crippen MR) is 75.5 cm³/mol. The van der Waals surface area contributed by atoms with Crippen LogP contribution in [0.1, 0.15) is 44.9 Å². The van der Waals surface area contributed by atoms with Crippen molar-refractivity contribution in [2.24, 2.45) is 17.8 Å². The van der Waals surface area contributed by atoms with Gasteiger partial charge < -0.3 is 0 Å². The van der Waals surface area contributed by atoms with Crippen LogP contribution in [0.5, 0.6) is 0 Å². The van der Waals surface area contributed by atoms with Gasteiger partial charge in [0.05, 0.1) is 5.92 Å². The molecule has 0 bridgehead atoms. The molecule has 0 unspecified atom stereocenters. The lowest BCUT2D eigenvalue weighted by Crippen LogP contribution is -2.26. The Morgan fingerprint density at radius 2 is 1.77 bits per heavy atom. The molecule has 0 aliphatic heterocycles. The largest absolute Gasteiger partial charge is 0.479 e. The molecular weight excluding hydrogens is 317 g/mol. The van der Waals surface area contributed by atoms with Gasteiger partial charge in [0, 0.05) is 26.6 Å². The monoisotopic (exact) mass is 340 g/mol. The van der Waals surface area contributed by atoms with Crippen molar-refractivity contribution in [2.75, 3.05) is 14.2 Å². The molecule has 5 nitrogen and oxygen atoms in total. The fourth-order valence-electron chi connectivity index (χ4n) is 3.12. The molecule has 0 N–H and O–H groups in total. The van der Waals surface area contributed by atoms with Crippen LogP contribution in [0, 0.1) is 17.8 Å². The van der Waals surface area contributed by atoms with Crippen LogP contribution in [-0.2, 0) is 22.9 Å². The van der Waals surface area contributed by atoms with E-state index in [2.05, 4.69) is 13.6 Å². The molecule has 128 valence electrons. The second kappa shape index (κ2) is 7.04. The van der Waals surface area contributed by atoms with E-state index in [1.54, 1.807) is 0 Å². The Kier molecular flexibility index (Phi) is 5.75. The van der Waals surface area contributed by atoms with Gasteiger partial charge in [-0.1, -0.05) is 32.1 Å². The SMILES string of the molecule is COP(=O)(OC)OC(F)(F)[C@@H]1C[C@H]1C(=O)CC1CCCCC1. The van der Waals surface area contributed by atoms with E-state index >= 15 is 0 Å². The Balaban J connectivity index is 1.87. The Labute approximate surface area is 129 Å². The summed E-state index contributed by atoms with van der Waals surface area (Å²) < 4.78 is 52.6. The van der Waals surface area contributed by atoms with Crippen molar-refractivity contribution in [3.63, 3.8) is 0 Å². The molecule has 22 heavy (non-hydrogen) atoms. The van der Waals surface area contributed by atoms with Gasteiger partial charge in [0.15, 0.2) is 0 Å². The van der Waals surface area contributed by atoms with Crippen molar-refractivity contribution >= 4 is 13.6 Å². The van der Waals surface area contributed by atoms with E-state index in [1.807, 2.05) is 0 Å². The van der Waals surface area contributed by atoms with E-state index in [0.29, 0.717) is 12.3 Å². The summed E-state index contributed by atoms with van der Waals surface area (Å²) in [5.41, 5.74) is 0. The van der Waals surface area contributed by atoms with Crippen molar-refractivity contribution in [3.8, 4) is 0 Å². The van der Waals surface area contributed by atoms with Crippen LogP contribution in [0.15, 0.2) is 0 Å². The molecule has 8 heteroatoms. The quantitative estimate of drug-likeness (QED) is 0.621. The molecule has 2 aliphatic carbocycles. The molecule has 0 aromatic carbocycles. The average Bonchev–Trinajstić information content (AvgIpc) is 3.29. The van der Waals surface area contributed by atoms with E-state index in [-0.39, 0.29) is 12.2 Å². The molecule has 2 rings (SSSR count). The number of carbonyl (C=O) groups is 1. The fourth-order valence-corrected chi connectivity index (χ4v) is 3.85. The second-order valence-electron chi connectivity index (χ2n) is 6.09. The molecule has 0 aromatic rings. The summed E-state index contributed by atoms with van der Waals surface area (Å²) in [7, 11) is -2.33. The molecule has 2 saturated carbocycles. The summed E-state index contributed by atoms with van der Waals surface area (Å²) >= 11 is 0. The lowest BCUT2D eigenvalue weighted by Gasteiger charge is -2.22. The highest BCUT2D eigenvalue weighted by Gasteiger charge is 2.61. The molecule has 0 aromatic heterocycles. The average molecular weight is 340 g/mol. The molecule has 2 atom stereocenters. The lowest BCUT2D eigenvalue weighted by atomic mass is 9.85. The van der Waals surface area contributed by atoms with Crippen molar-refractivity contribution in [1.82, 2.24) is 0 Å². The van der Waals surface area contributed by atoms with E-state index in [4.69, 9.17) is 0 Å². The Morgan fingerprint density at radius 1 is 1.18 bits per heavy atom. The first kappa shape index (κ1) is 18.0.